The van der Waals surface area contributed by atoms with E-state index in [1.54, 1.807) is 9.58 Å². The first-order valence-electron chi connectivity index (χ1n) is 9.28. The molecule has 0 aromatic carbocycles. The molecule has 1 aromatic heterocycles. The molecule has 144 valence electrons. The molecule has 2 aliphatic rings. The molecule has 1 aromatic rings. The summed E-state index contributed by atoms with van der Waals surface area (Å²) in [5, 5.41) is 7.67. The maximum atomic E-state index is 12.8. The largest absolute Gasteiger partial charge is 0.444 e. The molecule has 1 spiro atoms. The molecule has 7 nitrogen and oxygen atoms in total. The fraction of sp³-hybridized carbons (Fsp3) is 0.737. The molecule has 0 atom stereocenters. The van der Waals surface area contributed by atoms with Crippen molar-refractivity contribution in [3.8, 4) is 0 Å². The van der Waals surface area contributed by atoms with E-state index in [1.165, 1.54) is 0 Å². The van der Waals surface area contributed by atoms with Crippen LogP contribution in [0.1, 0.15) is 70.4 Å². The van der Waals surface area contributed by atoms with Crippen molar-refractivity contribution in [2.75, 3.05) is 13.1 Å². The van der Waals surface area contributed by atoms with E-state index in [9.17, 15) is 9.59 Å². The van der Waals surface area contributed by atoms with Crippen LogP contribution in [-0.2, 0) is 16.7 Å². The summed E-state index contributed by atoms with van der Waals surface area (Å²) in [4.78, 5) is 26.8. The highest BCUT2D eigenvalue weighted by molar-refractivity contribution is 5.96. The molecule has 1 saturated heterocycles. The lowest BCUT2D eigenvalue weighted by atomic mass is 9.79. The number of amides is 2. The van der Waals surface area contributed by atoms with Gasteiger partial charge >= 0.3 is 6.09 Å². The Morgan fingerprint density at radius 1 is 1.19 bits per heavy atom. The van der Waals surface area contributed by atoms with Gasteiger partial charge < -0.3 is 15.0 Å². The lowest BCUT2D eigenvalue weighted by molar-refractivity contribution is 0.0144. The van der Waals surface area contributed by atoms with Crippen molar-refractivity contribution in [1.82, 2.24) is 20.0 Å². The predicted molar refractivity (Wildman–Crippen MR) is 98.2 cm³/mol. The van der Waals surface area contributed by atoms with E-state index < -0.39 is 5.60 Å². The standard InChI is InChI=1S/C19H30N4O3/c1-17(2,3)23-14-13(12-20-23)11-19(21-15(14)24)7-9-22(10-8-19)16(25)26-18(4,5)6/h12H,7-11H2,1-6H3,(H,21,24). The van der Waals surface area contributed by atoms with Crippen LogP contribution < -0.4 is 5.32 Å². The molecule has 0 saturated carbocycles. The minimum Gasteiger partial charge on any atom is -0.444 e. The topological polar surface area (TPSA) is 76.5 Å². The van der Waals surface area contributed by atoms with Gasteiger partial charge in [0.2, 0.25) is 0 Å². The number of hydrogen-bond acceptors (Lipinski definition) is 4. The Balaban J connectivity index is 1.72. The van der Waals surface area contributed by atoms with E-state index in [1.807, 2.05) is 47.7 Å². The minimum atomic E-state index is -0.498. The van der Waals surface area contributed by atoms with Gasteiger partial charge in [-0.15, -0.1) is 0 Å². The van der Waals surface area contributed by atoms with Gasteiger partial charge in [-0.1, -0.05) is 0 Å². The summed E-state index contributed by atoms with van der Waals surface area (Å²) in [6.45, 7) is 12.9. The number of nitrogens with one attached hydrogen (secondary N) is 1. The van der Waals surface area contributed by atoms with Crippen LogP contribution in [-0.4, -0.2) is 50.9 Å². The van der Waals surface area contributed by atoms with E-state index in [2.05, 4.69) is 10.4 Å². The summed E-state index contributed by atoms with van der Waals surface area (Å²) in [5.41, 5.74) is 0.623. The van der Waals surface area contributed by atoms with Crippen molar-refractivity contribution >= 4 is 12.0 Å². The highest BCUT2D eigenvalue weighted by Crippen LogP contribution is 2.33. The van der Waals surface area contributed by atoms with E-state index in [0.717, 1.165) is 24.8 Å². The first-order chi connectivity index (χ1) is 11.9. The average Bonchev–Trinajstić information content (AvgIpc) is 2.90. The monoisotopic (exact) mass is 362 g/mol. The molecule has 3 rings (SSSR count). The second kappa shape index (κ2) is 5.99. The molecular weight excluding hydrogens is 332 g/mol. The van der Waals surface area contributed by atoms with Crippen molar-refractivity contribution in [1.29, 1.82) is 0 Å². The van der Waals surface area contributed by atoms with Crippen LogP contribution in [0.4, 0.5) is 4.79 Å². The normalized spacial score (nSPS) is 19.9. The molecule has 26 heavy (non-hydrogen) atoms. The lowest BCUT2D eigenvalue weighted by Crippen LogP contribution is -2.60. The van der Waals surface area contributed by atoms with Gasteiger partial charge in [0.25, 0.3) is 5.91 Å². The van der Waals surface area contributed by atoms with Crippen LogP contribution in [0.2, 0.25) is 0 Å². The number of aromatic nitrogens is 2. The number of likely N-dealkylation sites (tertiary alicyclic amines) is 1. The molecule has 2 aliphatic heterocycles. The Kier molecular flexibility index (Phi) is 4.32. The fourth-order valence-electron chi connectivity index (χ4n) is 3.72. The molecule has 0 aliphatic carbocycles. The number of rotatable bonds is 0. The summed E-state index contributed by atoms with van der Waals surface area (Å²) >= 11 is 0. The zero-order valence-corrected chi connectivity index (χ0v) is 16.7. The lowest BCUT2D eigenvalue weighted by Gasteiger charge is -2.44. The number of hydrogen-bond donors (Lipinski definition) is 1. The molecule has 7 heteroatoms. The molecule has 0 radical (unpaired) electrons. The molecule has 0 bridgehead atoms. The SMILES string of the molecule is CC(C)(C)OC(=O)N1CCC2(CC1)Cc1cnn(C(C)(C)C)c1C(=O)N2. The molecule has 0 unspecified atom stereocenters. The summed E-state index contributed by atoms with van der Waals surface area (Å²) in [6.07, 6.45) is 3.74. The van der Waals surface area contributed by atoms with Crippen LogP contribution in [0.25, 0.3) is 0 Å². The van der Waals surface area contributed by atoms with Gasteiger partial charge in [-0.05, 0) is 60.8 Å². The van der Waals surface area contributed by atoms with Gasteiger partial charge in [-0.25, -0.2) is 4.79 Å². The minimum absolute atomic E-state index is 0.0654. The Bertz CT molecular complexity index is 716. The predicted octanol–water partition coefficient (Wildman–Crippen LogP) is 2.69. The van der Waals surface area contributed by atoms with Crippen LogP contribution >= 0.6 is 0 Å². The number of fused-ring (bicyclic) bond motifs is 1. The maximum absolute atomic E-state index is 12.8. The Hall–Kier alpha value is -2.05. The third-order valence-corrected chi connectivity index (χ3v) is 4.98. The summed E-state index contributed by atoms with van der Waals surface area (Å²) in [6, 6.07) is 0. The summed E-state index contributed by atoms with van der Waals surface area (Å²) in [7, 11) is 0. The highest BCUT2D eigenvalue weighted by atomic mass is 16.6. The van der Waals surface area contributed by atoms with E-state index >= 15 is 0 Å². The van der Waals surface area contributed by atoms with Crippen molar-refractivity contribution < 1.29 is 14.3 Å². The van der Waals surface area contributed by atoms with Crippen LogP contribution in [0.15, 0.2) is 6.20 Å². The zero-order valence-electron chi connectivity index (χ0n) is 16.7. The second-order valence-electron chi connectivity index (χ2n) is 9.48. The van der Waals surface area contributed by atoms with Gasteiger partial charge in [0.05, 0.1) is 11.7 Å². The molecular formula is C19H30N4O3. The molecule has 3 heterocycles. The van der Waals surface area contributed by atoms with Crippen molar-refractivity contribution in [3.05, 3.63) is 17.5 Å². The van der Waals surface area contributed by atoms with Crippen LogP contribution in [0.3, 0.4) is 0 Å². The van der Waals surface area contributed by atoms with Gasteiger partial charge in [0.15, 0.2) is 0 Å². The van der Waals surface area contributed by atoms with E-state index in [0.29, 0.717) is 18.8 Å². The Morgan fingerprint density at radius 3 is 2.35 bits per heavy atom. The second-order valence-corrected chi connectivity index (χ2v) is 9.48. The van der Waals surface area contributed by atoms with Crippen molar-refractivity contribution in [3.63, 3.8) is 0 Å². The van der Waals surface area contributed by atoms with Crippen molar-refractivity contribution in [2.24, 2.45) is 0 Å². The number of nitrogens with zero attached hydrogens (tertiary/aromatic N) is 3. The van der Waals surface area contributed by atoms with Crippen LogP contribution in [0, 0.1) is 0 Å². The third kappa shape index (κ3) is 3.57. The molecule has 1 fully saturated rings. The number of carbonyl (C=O) groups excluding carboxylic acids is 2. The zero-order chi connectivity index (χ0) is 19.3. The fourth-order valence-corrected chi connectivity index (χ4v) is 3.72. The van der Waals surface area contributed by atoms with E-state index in [4.69, 9.17) is 4.74 Å². The number of ether oxygens (including phenoxy) is 1. The van der Waals surface area contributed by atoms with E-state index in [-0.39, 0.29) is 23.1 Å². The molecule has 1 N–H and O–H groups in total. The highest BCUT2D eigenvalue weighted by Gasteiger charge is 2.44. The first kappa shape index (κ1) is 18.7. The third-order valence-electron chi connectivity index (χ3n) is 4.98. The van der Waals surface area contributed by atoms with Gasteiger partial charge in [0.1, 0.15) is 11.3 Å². The van der Waals surface area contributed by atoms with Gasteiger partial charge in [-0.3, -0.25) is 9.48 Å². The Labute approximate surface area is 155 Å². The quantitative estimate of drug-likeness (QED) is 0.770. The average molecular weight is 362 g/mol. The number of piperidine rings is 1. The van der Waals surface area contributed by atoms with Gasteiger partial charge in [-0.2, -0.15) is 5.10 Å². The maximum Gasteiger partial charge on any atom is 0.410 e. The first-order valence-corrected chi connectivity index (χ1v) is 9.28. The Morgan fingerprint density at radius 2 is 1.81 bits per heavy atom. The summed E-state index contributed by atoms with van der Waals surface area (Å²) < 4.78 is 7.26. The van der Waals surface area contributed by atoms with Crippen molar-refractivity contribution in [2.45, 2.75) is 77.5 Å². The summed E-state index contributed by atoms with van der Waals surface area (Å²) in [5.74, 6) is -0.0654. The number of carbonyl (C=O) groups is 2. The molecule has 2 amide bonds. The van der Waals surface area contributed by atoms with Crippen LogP contribution in [0.5, 0.6) is 0 Å². The van der Waals surface area contributed by atoms with Gasteiger partial charge in [0, 0.05) is 24.2 Å². The smallest absolute Gasteiger partial charge is 0.410 e.